The standard InChI is InChI=1S/C20H15N3O3/c1-26-11-5-2-4-10(8-11)17-12-6-3-7-14-15(12)13(9-21-14)16-18(22-17)20(25)23-19(16)24/h2-9,17,21-22H,1H3,(H,23,24,25). The van der Waals surface area contributed by atoms with Crippen molar-refractivity contribution in [2.24, 2.45) is 0 Å². The molecular formula is C20H15N3O3. The van der Waals surface area contributed by atoms with E-state index in [1.165, 1.54) is 0 Å². The smallest absolute Gasteiger partial charge is 0.275 e. The summed E-state index contributed by atoms with van der Waals surface area (Å²) in [6.45, 7) is 0. The lowest BCUT2D eigenvalue weighted by atomic mass is 9.94. The van der Waals surface area contributed by atoms with E-state index >= 15 is 0 Å². The molecule has 1 aromatic heterocycles. The van der Waals surface area contributed by atoms with Gasteiger partial charge in [0.25, 0.3) is 11.8 Å². The fraction of sp³-hybridized carbons (Fsp3) is 0.100. The number of fused-ring (bicyclic) bond motifs is 1. The summed E-state index contributed by atoms with van der Waals surface area (Å²) in [7, 11) is 1.62. The molecule has 3 heterocycles. The largest absolute Gasteiger partial charge is 0.497 e. The van der Waals surface area contributed by atoms with Crippen molar-refractivity contribution in [1.29, 1.82) is 0 Å². The van der Waals surface area contributed by atoms with E-state index in [1.807, 2.05) is 42.5 Å². The number of carbonyl (C=O) groups excluding carboxylic acids is 2. The van der Waals surface area contributed by atoms with Crippen molar-refractivity contribution in [2.75, 3.05) is 7.11 Å². The molecule has 0 bridgehead atoms. The Morgan fingerprint density at radius 3 is 2.73 bits per heavy atom. The third-order valence-electron chi connectivity index (χ3n) is 4.97. The van der Waals surface area contributed by atoms with Crippen LogP contribution in [0.25, 0.3) is 16.5 Å². The summed E-state index contributed by atoms with van der Waals surface area (Å²) < 4.78 is 5.35. The second kappa shape index (κ2) is 5.23. The van der Waals surface area contributed by atoms with Gasteiger partial charge in [0.2, 0.25) is 0 Å². The highest BCUT2D eigenvalue weighted by atomic mass is 16.5. The summed E-state index contributed by atoms with van der Waals surface area (Å²) in [5.41, 5.74) is 4.31. The van der Waals surface area contributed by atoms with Crippen LogP contribution < -0.4 is 15.4 Å². The number of amides is 2. The van der Waals surface area contributed by atoms with Crippen LogP contribution in [0.1, 0.15) is 22.7 Å². The average Bonchev–Trinajstić information content (AvgIpc) is 3.14. The zero-order valence-corrected chi connectivity index (χ0v) is 13.9. The normalized spacial score (nSPS) is 18.4. The second-order valence-corrected chi connectivity index (χ2v) is 6.36. The minimum absolute atomic E-state index is 0.285. The lowest BCUT2D eigenvalue weighted by molar-refractivity contribution is -0.123. The molecule has 2 aromatic carbocycles. The van der Waals surface area contributed by atoms with Crippen LogP contribution in [0.3, 0.4) is 0 Å². The summed E-state index contributed by atoms with van der Waals surface area (Å²) in [5.74, 6) is -0.0456. The number of nitrogens with one attached hydrogen (secondary N) is 3. The van der Waals surface area contributed by atoms with Crippen molar-refractivity contribution in [3.8, 4) is 5.75 Å². The highest BCUT2D eigenvalue weighted by molar-refractivity contribution is 6.37. The van der Waals surface area contributed by atoms with Crippen molar-refractivity contribution in [3.63, 3.8) is 0 Å². The van der Waals surface area contributed by atoms with Gasteiger partial charge in [0, 0.05) is 22.7 Å². The van der Waals surface area contributed by atoms with Crippen LogP contribution in [0.4, 0.5) is 0 Å². The molecule has 0 fully saturated rings. The quantitative estimate of drug-likeness (QED) is 0.622. The summed E-state index contributed by atoms with van der Waals surface area (Å²) in [4.78, 5) is 28.0. The molecule has 1 unspecified atom stereocenters. The van der Waals surface area contributed by atoms with Crippen LogP contribution in [0.5, 0.6) is 5.75 Å². The first-order chi connectivity index (χ1) is 12.7. The summed E-state index contributed by atoms with van der Waals surface area (Å²) >= 11 is 0. The van der Waals surface area contributed by atoms with Crippen molar-refractivity contribution < 1.29 is 14.3 Å². The van der Waals surface area contributed by atoms with Crippen molar-refractivity contribution in [1.82, 2.24) is 15.6 Å². The number of imide groups is 1. The Morgan fingerprint density at radius 2 is 1.88 bits per heavy atom. The number of carbonyl (C=O) groups is 2. The molecule has 0 spiro atoms. The zero-order chi connectivity index (χ0) is 17.8. The number of H-pyrrole nitrogens is 1. The Hall–Kier alpha value is -3.54. The molecule has 1 atom stereocenters. The molecule has 3 aromatic rings. The first-order valence-corrected chi connectivity index (χ1v) is 8.28. The maximum absolute atomic E-state index is 12.4. The van der Waals surface area contributed by atoms with Crippen LogP contribution in [-0.2, 0) is 9.59 Å². The third kappa shape index (κ3) is 1.92. The number of rotatable bonds is 2. The van der Waals surface area contributed by atoms with E-state index in [0.717, 1.165) is 33.3 Å². The van der Waals surface area contributed by atoms with Crippen LogP contribution in [0.15, 0.2) is 54.4 Å². The Morgan fingerprint density at radius 1 is 1.04 bits per heavy atom. The molecule has 26 heavy (non-hydrogen) atoms. The van der Waals surface area contributed by atoms with Crippen LogP contribution in [-0.4, -0.2) is 23.9 Å². The minimum atomic E-state index is -0.403. The molecule has 6 nitrogen and oxygen atoms in total. The van der Waals surface area contributed by atoms with Gasteiger partial charge < -0.3 is 15.0 Å². The highest BCUT2D eigenvalue weighted by Gasteiger charge is 2.37. The number of ether oxygens (including phenoxy) is 1. The van der Waals surface area contributed by atoms with Gasteiger partial charge in [0.1, 0.15) is 11.4 Å². The summed E-state index contributed by atoms with van der Waals surface area (Å²) in [5, 5.41) is 6.63. The van der Waals surface area contributed by atoms with E-state index in [4.69, 9.17) is 4.74 Å². The van der Waals surface area contributed by atoms with Crippen LogP contribution >= 0.6 is 0 Å². The Kier molecular flexibility index (Phi) is 2.97. The highest BCUT2D eigenvalue weighted by Crippen LogP contribution is 2.40. The molecule has 0 aliphatic carbocycles. The molecule has 2 aliphatic rings. The number of hydrogen-bond donors (Lipinski definition) is 3. The van der Waals surface area contributed by atoms with Gasteiger partial charge in [-0.25, -0.2) is 0 Å². The molecule has 0 saturated heterocycles. The Balaban J connectivity index is 1.82. The van der Waals surface area contributed by atoms with Crippen molar-refractivity contribution >= 4 is 28.3 Å². The number of aromatic nitrogens is 1. The topological polar surface area (TPSA) is 83.2 Å². The fourth-order valence-corrected chi connectivity index (χ4v) is 3.81. The molecule has 2 amide bonds. The van der Waals surface area contributed by atoms with Gasteiger partial charge in [-0.1, -0.05) is 24.3 Å². The molecule has 0 saturated carbocycles. The molecule has 5 rings (SSSR count). The predicted molar refractivity (Wildman–Crippen MR) is 96.3 cm³/mol. The molecule has 3 N–H and O–H groups in total. The van der Waals surface area contributed by atoms with Gasteiger partial charge in [0.05, 0.1) is 18.7 Å². The van der Waals surface area contributed by atoms with E-state index in [2.05, 4.69) is 15.6 Å². The summed E-state index contributed by atoms with van der Waals surface area (Å²) in [6, 6.07) is 13.4. The van der Waals surface area contributed by atoms with E-state index in [-0.39, 0.29) is 11.9 Å². The number of methoxy groups -OCH3 is 1. The minimum Gasteiger partial charge on any atom is -0.497 e. The SMILES string of the molecule is COc1cccc(C2NC3=C(C(=O)NC3=O)c3c[nH]c4cccc2c34)c1. The van der Waals surface area contributed by atoms with Gasteiger partial charge >= 0.3 is 0 Å². The second-order valence-electron chi connectivity index (χ2n) is 6.36. The van der Waals surface area contributed by atoms with E-state index < -0.39 is 5.91 Å². The molecule has 0 radical (unpaired) electrons. The molecule has 128 valence electrons. The van der Waals surface area contributed by atoms with Gasteiger partial charge in [-0.15, -0.1) is 0 Å². The first kappa shape index (κ1) is 14.8. The maximum atomic E-state index is 12.4. The zero-order valence-electron chi connectivity index (χ0n) is 13.9. The predicted octanol–water partition coefficient (Wildman–Crippen LogP) is 2.24. The van der Waals surface area contributed by atoms with Crippen molar-refractivity contribution in [3.05, 3.63) is 71.0 Å². The van der Waals surface area contributed by atoms with E-state index in [0.29, 0.717) is 11.3 Å². The maximum Gasteiger partial charge on any atom is 0.275 e. The Labute approximate surface area is 148 Å². The van der Waals surface area contributed by atoms with Gasteiger partial charge in [-0.05, 0) is 29.3 Å². The van der Waals surface area contributed by atoms with Gasteiger partial charge in [-0.3, -0.25) is 14.9 Å². The summed E-state index contributed by atoms with van der Waals surface area (Å²) in [6.07, 6.45) is 1.79. The Bertz CT molecular complexity index is 1130. The fourth-order valence-electron chi connectivity index (χ4n) is 3.81. The molecular weight excluding hydrogens is 330 g/mol. The van der Waals surface area contributed by atoms with Gasteiger partial charge in [0.15, 0.2) is 0 Å². The number of aromatic amines is 1. The first-order valence-electron chi connectivity index (χ1n) is 8.28. The molecule has 6 heteroatoms. The van der Waals surface area contributed by atoms with Crippen LogP contribution in [0, 0.1) is 0 Å². The lowest BCUT2D eigenvalue weighted by Crippen LogP contribution is -2.30. The third-order valence-corrected chi connectivity index (χ3v) is 4.97. The van der Waals surface area contributed by atoms with E-state index in [9.17, 15) is 9.59 Å². The van der Waals surface area contributed by atoms with E-state index in [1.54, 1.807) is 13.3 Å². The molecule has 2 aliphatic heterocycles. The monoisotopic (exact) mass is 345 g/mol. The van der Waals surface area contributed by atoms with Crippen LogP contribution in [0.2, 0.25) is 0 Å². The van der Waals surface area contributed by atoms with Gasteiger partial charge in [-0.2, -0.15) is 0 Å². The number of hydrogen-bond acceptors (Lipinski definition) is 4. The average molecular weight is 345 g/mol. The van der Waals surface area contributed by atoms with Crippen molar-refractivity contribution in [2.45, 2.75) is 6.04 Å². The number of benzene rings is 2. The lowest BCUT2D eigenvalue weighted by Gasteiger charge is -2.21.